The molecule has 2 aliphatic rings. The van der Waals surface area contributed by atoms with Crippen molar-refractivity contribution in [3.63, 3.8) is 0 Å². The van der Waals surface area contributed by atoms with E-state index >= 15 is 0 Å². The molecular formula is C26H26FN5O2. The van der Waals surface area contributed by atoms with Crippen LogP contribution in [0.25, 0.3) is 16.6 Å². The second-order valence-corrected chi connectivity index (χ2v) is 9.58. The standard InChI is InChI=1S/C26H24FN5O2.H2/c27-20-10-17(14-31-15-26(16-31)5-3-6-26)8-19-9-18(12-28-24(19)20)13-29-25(34)21-11-23(33)32-7-2-1-4-22(32)30-21;/h1-2,4,7-12H,3,5-6,13-16H2,(H,29,34);1H. The second-order valence-electron chi connectivity index (χ2n) is 9.58. The molecule has 174 valence electrons. The van der Waals surface area contributed by atoms with Crippen molar-refractivity contribution in [2.75, 3.05) is 13.1 Å². The number of pyridine rings is 2. The lowest BCUT2D eigenvalue weighted by molar-refractivity contribution is -0.0645. The first-order valence-corrected chi connectivity index (χ1v) is 11.5. The summed E-state index contributed by atoms with van der Waals surface area (Å²) >= 11 is 0. The van der Waals surface area contributed by atoms with Gasteiger partial charge < -0.3 is 5.32 Å². The molecule has 3 aromatic heterocycles. The van der Waals surface area contributed by atoms with Gasteiger partial charge in [-0.2, -0.15) is 0 Å². The van der Waals surface area contributed by atoms with E-state index < -0.39 is 5.91 Å². The molecule has 34 heavy (non-hydrogen) atoms. The highest BCUT2D eigenvalue weighted by Crippen LogP contribution is 2.48. The van der Waals surface area contributed by atoms with Crippen molar-refractivity contribution in [2.24, 2.45) is 5.41 Å². The third-order valence-corrected chi connectivity index (χ3v) is 7.05. The third kappa shape index (κ3) is 3.74. The van der Waals surface area contributed by atoms with E-state index in [4.69, 9.17) is 0 Å². The van der Waals surface area contributed by atoms with Gasteiger partial charge in [-0.1, -0.05) is 12.5 Å². The van der Waals surface area contributed by atoms with Crippen molar-refractivity contribution in [3.8, 4) is 0 Å². The lowest BCUT2D eigenvalue weighted by Gasteiger charge is -2.56. The summed E-state index contributed by atoms with van der Waals surface area (Å²) in [5, 5.41) is 3.49. The van der Waals surface area contributed by atoms with Gasteiger partial charge in [0, 0.05) is 51.5 Å². The van der Waals surface area contributed by atoms with Gasteiger partial charge in [-0.05, 0) is 59.7 Å². The minimum absolute atomic E-state index is 0. The first-order valence-electron chi connectivity index (χ1n) is 11.5. The Morgan fingerprint density at radius 3 is 2.76 bits per heavy atom. The molecular weight excluding hydrogens is 433 g/mol. The molecule has 6 rings (SSSR count). The van der Waals surface area contributed by atoms with Crippen LogP contribution in [0.2, 0.25) is 0 Å². The average molecular weight is 460 g/mol. The van der Waals surface area contributed by atoms with Crippen molar-refractivity contribution < 1.29 is 10.6 Å². The minimum Gasteiger partial charge on any atom is -0.347 e. The van der Waals surface area contributed by atoms with Crippen molar-refractivity contribution >= 4 is 22.5 Å². The molecule has 8 heteroatoms. The van der Waals surface area contributed by atoms with Crippen molar-refractivity contribution in [2.45, 2.75) is 32.4 Å². The quantitative estimate of drug-likeness (QED) is 0.494. The molecule has 1 amide bonds. The largest absolute Gasteiger partial charge is 0.347 e. The topological polar surface area (TPSA) is 79.6 Å². The Hall–Kier alpha value is -3.65. The second kappa shape index (κ2) is 7.99. The summed E-state index contributed by atoms with van der Waals surface area (Å²) in [6.07, 6.45) is 7.13. The summed E-state index contributed by atoms with van der Waals surface area (Å²) in [6, 6.07) is 11.8. The first-order chi connectivity index (χ1) is 16.5. The third-order valence-electron chi connectivity index (χ3n) is 7.05. The molecule has 2 fully saturated rings. The van der Waals surface area contributed by atoms with Crippen molar-refractivity contribution in [1.29, 1.82) is 0 Å². The highest BCUT2D eigenvalue weighted by molar-refractivity contribution is 5.92. The van der Waals surface area contributed by atoms with Crippen LogP contribution >= 0.6 is 0 Å². The summed E-state index contributed by atoms with van der Waals surface area (Å²) in [6.45, 7) is 3.13. The molecule has 1 N–H and O–H groups in total. The minimum atomic E-state index is -0.453. The van der Waals surface area contributed by atoms with Gasteiger partial charge in [0.25, 0.3) is 11.5 Å². The van der Waals surface area contributed by atoms with E-state index in [9.17, 15) is 14.0 Å². The van der Waals surface area contributed by atoms with Crippen LogP contribution in [0.15, 0.2) is 59.7 Å². The summed E-state index contributed by atoms with van der Waals surface area (Å²) in [5.41, 5.74) is 2.67. The maximum Gasteiger partial charge on any atom is 0.270 e. The van der Waals surface area contributed by atoms with E-state index in [1.54, 1.807) is 36.7 Å². The summed E-state index contributed by atoms with van der Waals surface area (Å²) in [7, 11) is 0. The zero-order valence-corrected chi connectivity index (χ0v) is 18.6. The van der Waals surface area contributed by atoms with Gasteiger partial charge in [-0.25, -0.2) is 9.37 Å². The zero-order chi connectivity index (χ0) is 23.3. The van der Waals surface area contributed by atoms with Crippen LogP contribution in [-0.4, -0.2) is 38.3 Å². The van der Waals surface area contributed by atoms with Crippen molar-refractivity contribution in [3.05, 3.63) is 87.9 Å². The Balaban J connectivity index is 0.00000253. The molecule has 1 spiro atoms. The number of likely N-dealkylation sites (tertiary alicyclic amines) is 1. The van der Waals surface area contributed by atoms with Crippen LogP contribution in [0.1, 0.15) is 42.3 Å². The molecule has 1 aliphatic carbocycles. The molecule has 0 unspecified atom stereocenters. The Labute approximate surface area is 196 Å². The molecule has 0 bridgehead atoms. The number of hydrogen-bond acceptors (Lipinski definition) is 5. The number of carbonyl (C=O) groups excluding carboxylic acids is 1. The number of rotatable bonds is 5. The van der Waals surface area contributed by atoms with Gasteiger partial charge in [0.05, 0.1) is 0 Å². The number of nitrogens with zero attached hydrogens (tertiary/aromatic N) is 4. The Bertz CT molecular complexity index is 1490. The predicted octanol–water partition coefficient (Wildman–Crippen LogP) is 3.54. The fraction of sp³-hybridized carbons (Fsp3) is 0.308. The maximum atomic E-state index is 14.7. The van der Waals surface area contributed by atoms with Gasteiger partial charge in [-0.3, -0.25) is 23.9 Å². The van der Waals surface area contributed by atoms with Gasteiger partial charge in [0.15, 0.2) is 0 Å². The van der Waals surface area contributed by atoms with Crippen LogP contribution in [-0.2, 0) is 13.1 Å². The Morgan fingerprint density at radius 1 is 1.15 bits per heavy atom. The molecule has 1 saturated carbocycles. The van der Waals surface area contributed by atoms with Crippen LogP contribution in [0.5, 0.6) is 0 Å². The van der Waals surface area contributed by atoms with E-state index in [-0.39, 0.29) is 25.0 Å². The lowest BCUT2D eigenvalue weighted by atomic mass is 9.63. The number of benzene rings is 1. The van der Waals surface area contributed by atoms with Crippen LogP contribution in [0.4, 0.5) is 4.39 Å². The molecule has 7 nitrogen and oxygen atoms in total. The zero-order valence-electron chi connectivity index (χ0n) is 18.6. The number of amides is 1. The highest BCUT2D eigenvalue weighted by atomic mass is 19.1. The first kappa shape index (κ1) is 20.9. The molecule has 1 aromatic carbocycles. The number of carbonyl (C=O) groups is 1. The van der Waals surface area contributed by atoms with Gasteiger partial charge in [-0.15, -0.1) is 0 Å². The highest BCUT2D eigenvalue weighted by Gasteiger charge is 2.46. The van der Waals surface area contributed by atoms with Gasteiger partial charge in [0.1, 0.15) is 22.7 Å². The normalized spacial score (nSPS) is 17.0. The lowest BCUT2D eigenvalue weighted by Crippen LogP contribution is -2.58. The van der Waals surface area contributed by atoms with E-state index in [1.807, 2.05) is 12.1 Å². The van der Waals surface area contributed by atoms with E-state index in [2.05, 4.69) is 20.2 Å². The van der Waals surface area contributed by atoms with E-state index in [1.165, 1.54) is 29.7 Å². The number of halogens is 1. The fourth-order valence-corrected chi connectivity index (χ4v) is 5.21. The number of nitrogens with one attached hydrogen (secondary N) is 1. The molecule has 0 radical (unpaired) electrons. The maximum absolute atomic E-state index is 14.7. The predicted molar refractivity (Wildman–Crippen MR) is 128 cm³/mol. The average Bonchev–Trinajstić information content (AvgIpc) is 2.78. The summed E-state index contributed by atoms with van der Waals surface area (Å²) < 4.78 is 16.1. The van der Waals surface area contributed by atoms with Crippen LogP contribution in [0.3, 0.4) is 0 Å². The molecule has 4 heterocycles. The summed E-state index contributed by atoms with van der Waals surface area (Å²) in [4.78, 5) is 35.8. The molecule has 1 aliphatic heterocycles. The van der Waals surface area contributed by atoms with Crippen LogP contribution in [0, 0.1) is 11.2 Å². The Morgan fingerprint density at radius 2 is 1.97 bits per heavy atom. The molecule has 0 atom stereocenters. The fourth-order valence-electron chi connectivity index (χ4n) is 5.21. The van der Waals surface area contributed by atoms with E-state index in [0.29, 0.717) is 22.0 Å². The SMILES string of the molecule is O=C(NCc1cnc2c(F)cc(CN3CC4(CCC4)C3)cc2c1)c1cc(=O)n2ccccc2n1.[HH]. The molecule has 4 aromatic rings. The number of fused-ring (bicyclic) bond motifs is 2. The van der Waals surface area contributed by atoms with Crippen LogP contribution < -0.4 is 10.9 Å². The summed E-state index contributed by atoms with van der Waals surface area (Å²) in [5.74, 6) is -0.783. The van der Waals surface area contributed by atoms with E-state index in [0.717, 1.165) is 30.8 Å². The number of aromatic nitrogens is 3. The van der Waals surface area contributed by atoms with Gasteiger partial charge in [0.2, 0.25) is 0 Å². The molecule has 1 saturated heterocycles. The number of hydrogen-bond donors (Lipinski definition) is 1. The Kier molecular flexibility index (Phi) is 4.91. The van der Waals surface area contributed by atoms with Crippen molar-refractivity contribution in [1.82, 2.24) is 24.6 Å². The van der Waals surface area contributed by atoms with Gasteiger partial charge >= 0.3 is 0 Å². The smallest absolute Gasteiger partial charge is 0.270 e. The monoisotopic (exact) mass is 459 g/mol.